The van der Waals surface area contributed by atoms with Gasteiger partial charge in [0.25, 0.3) is 11.8 Å². The summed E-state index contributed by atoms with van der Waals surface area (Å²) >= 11 is 2.54. The molecule has 0 saturated carbocycles. The highest BCUT2D eigenvalue weighted by Crippen LogP contribution is 2.55. The molecule has 3 aromatic rings. The third kappa shape index (κ3) is 6.56. The van der Waals surface area contributed by atoms with Crippen molar-refractivity contribution in [2.24, 2.45) is 0 Å². The molecule has 0 aliphatic heterocycles. The third-order valence-electron chi connectivity index (χ3n) is 6.10. The standard InChI is InChI=1S/C27H19BrF10N2O4/c1-3-40(23(42)14-7-4-5-10-18(14)43-2)17-9-6-8-15(20(17)29)22(41)39-21-16(28)11-13(12-19(21)44-24(30)31)25(32,26(33,34)35)27(36,37)38/h4-12,24H,3H2,1-2H3,(H,39,41). The number of carbonyl (C=O) groups is 2. The van der Waals surface area contributed by atoms with Gasteiger partial charge in [-0.05, 0) is 59.3 Å². The van der Waals surface area contributed by atoms with E-state index in [1.54, 1.807) is 6.07 Å². The first-order chi connectivity index (χ1) is 20.4. The Morgan fingerprint density at radius 3 is 2.05 bits per heavy atom. The van der Waals surface area contributed by atoms with Gasteiger partial charge in [-0.25, -0.2) is 8.78 Å². The molecule has 2 amide bonds. The summed E-state index contributed by atoms with van der Waals surface area (Å²) in [7, 11) is 1.30. The lowest BCUT2D eigenvalue weighted by Gasteiger charge is -2.31. The van der Waals surface area contributed by atoms with Gasteiger partial charge >= 0.3 is 24.6 Å². The van der Waals surface area contributed by atoms with Crippen LogP contribution in [0.25, 0.3) is 0 Å². The number of alkyl halides is 9. The van der Waals surface area contributed by atoms with Crippen molar-refractivity contribution in [3.63, 3.8) is 0 Å². The maximum absolute atomic E-state index is 15.7. The molecule has 0 aromatic heterocycles. The average Bonchev–Trinajstić information content (AvgIpc) is 2.93. The highest BCUT2D eigenvalue weighted by atomic mass is 79.9. The Morgan fingerprint density at radius 2 is 1.50 bits per heavy atom. The third-order valence-corrected chi connectivity index (χ3v) is 6.73. The van der Waals surface area contributed by atoms with Crippen LogP contribution in [0.2, 0.25) is 0 Å². The zero-order valence-electron chi connectivity index (χ0n) is 22.2. The highest BCUT2D eigenvalue weighted by Gasteiger charge is 2.73. The molecule has 44 heavy (non-hydrogen) atoms. The van der Waals surface area contributed by atoms with Crippen molar-refractivity contribution < 1.29 is 63.0 Å². The molecule has 0 saturated heterocycles. The number of nitrogens with zero attached hydrogens (tertiary/aromatic N) is 1. The van der Waals surface area contributed by atoms with E-state index in [1.165, 1.54) is 32.2 Å². The van der Waals surface area contributed by atoms with Crippen molar-refractivity contribution >= 4 is 39.1 Å². The Bertz CT molecular complexity index is 1530. The zero-order chi connectivity index (χ0) is 33.2. The van der Waals surface area contributed by atoms with E-state index >= 15 is 4.39 Å². The molecule has 238 valence electrons. The summed E-state index contributed by atoms with van der Waals surface area (Å²) in [4.78, 5) is 27.2. The van der Waals surface area contributed by atoms with Crippen LogP contribution in [0.3, 0.4) is 0 Å². The molecule has 0 radical (unpaired) electrons. The van der Waals surface area contributed by atoms with Crippen molar-refractivity contribution in [2.45, 2.75) is 31.6 Å². The van der Waals surface area contributed by atoms with Gasteiger partial charge in [0.1, 0.15) is 5.75 Å². The van der Waals surface area contributed by atoms with Crippen molar-refractivity contribution in [3.05, 3.63) is 81.6 Å². The average molecular weight is 705 g/mol. The zero-order valence-corrected chi connectivity index (χ0v) is 23.8. The Balaban J connectivity index is 2.08. The fourth-order valence-corrected chi connectivity index (χ4v) is 4.59. The second-order valence-electron chi connectivity index (χ2n) is 8.71. The smallest absolute Gasteiger partial charge is 0.435 e. The first kappa shape index (κ1) is 34.5. The van der Waals surface area contributed by atoms with Crippen molar-refractivity contribution in [1.29, 1.82) is 0 Å². The Morgan fingerprint density at radius 1 is 0.909 bits per heavy atom. The molecule has 17 heteroatoms. The number of rotatable bonds is 9. The summed E-state index contributed by atoms with van der Waals surface area (Å²) in [6, 6.07) is 8.77. The summed E-state index contributed by atoms with van der Waals surface area (Å²) in [6.07, 6.45) is -13.2. The largest absolute Gasteiger partial charge is 0.496 e. The number of para-hydroxylation sites is 1. The van der Waals surface area contributed by atoms with Gasteiger partial charge in [-0.3, -0.25) is 9.59 Å². The molecule has 0 bridgehead atoms. The molecule has 1 N–H and O–H groups in total. The lowest BCUT2D eigenvalue weighted by molar-refractivity contribution is -0.348. The number of hydrogen-bond donors (Lipinski definition) is 1. The van der Waals surface area contributed by atoms with Gasteiger partial charge in [0, 0.05) is 16.6 Å². The maximum atomic E-state index is 15.7. The predicted octanol–water partition coefficient (Wildman–Crippen LogP) is 8.41. The van der Waals surface area contributed by atoms with Crippen LogP contribution in [0, 0.1) is 5.82 Å². The number of hydrogen-bond acceptors (Lipinski definition) is 4. The first-order valence-corrected chi connectivity index (χ1v) is 12.8. The van der Waals surface area contributed by atoms with E-state index in [2.05, 4.69) is 20.7 Å². The fraction of sp³-hybridized carbons (Fsp3) is 0.259. The molecule has 3 aromatic carbocycles. The van der Waals surface area contributed by atoms with Crippen LogP contribution in [0.4, 0.5) is 55.3 Å². The number of methoxy groups -OCH3 is 1. The van der Waals surface area contributed by atoms with Gasteiger partial charge in [-0.2, -0.15) is 35.1 Å². The molecule has 0 fully saturated rings. The first-order valence-electron chi connectivity index (χ1n) is 12.0. The molecular weight excluding hydrogens is 686 g/mol. The van der Waals surface area contributed by atoms with E-state index < -0.39 is 75.0 Å². The number of ether oxygens (including phenoxy) is 2. The fourth-order valence-electron chi connectivity index (χ4n) is 4.05. The van der Waals surface area contributed by atoms with Crippen LogP contribution >= 0.6 is 15.9 Å². The van der Waals surface area contributed by atoms with Crippen molar-refractivity contribution in [2.75, 3.05) is 23.9 Å². The Hall–Kier alpha value is -4.02. The van der Waals surface area contributed by atoms with Gasteiger partial charge in [0.05, 0.1) is 29.6 Å². The molecular formula is C27H19BrF10N2O4. The SMILES string of the molecule is CCN(C(=O)c1ccccc1OC)c1cccc(C(=O)Nc2c(Br)cc(C(F)(C(F)(F)F)C(F)(F)F)cc2OC(F)F)c1F. The molecule has 0 spiro atoms. The Kier molecular flexibility index (Phi) is 10.1. The topological polar surface area (TPSA) is 67.9 Å². The van der Waals surface area contributed by atoms with Gasteiger partial charge in [0.2, 0.25) is 0 Å². The lowest BCUT2D eigenvalue weighted by atomic mass is 9.93. The van der Waals surface area contributed by atoms with Crippen molar-refractivity contribution in [3.8, 4) is 11.5 Å². The molecule has 0 unspecified atom stereocenters. The van der Waals surface area contributed by atoms with Gasteiger partial charge in [0.15, 0.2) is 11.6 Å². The number of anilines is 2. The number of halogens is 11. The summed E-state index contributed by atoms with van der Waals surface area (Å²) in [5.41, 5.74) is -10.4. The summed E-state index contributed by atoms with van der Waals surface area (Å²) in [6.45, 7) is -2.50. The number of carbonyl (C=O) groups excluding carboxylic acids is 2. The molecule has 0 aliphatic carbocycles. The van der Waals surface area contributed by atoms with E-state index in [1.807, 2.05) is 5.32 Å². The van der Waals surface area contributed by atoms with Gasteiger partial charge < -0.3 is 19.7 Å². The minimum absolute atomic E-state index is 0.0329. The van der Waals surface area contributed by atoms with Crippen LogP contribution in [0.1, 0.15) is 33.2 Å². The van der Waals surface area contributed by atoms with Crippen LogP contribution < -0.4 is 19.7 Å². The number of benzene rings is 3. The van der Waals surface area contributed by atoms with Crippen molar-refractivity contribution in [1.82, 2.24) is 0 Å². The van der Waals surface area contributed by atoms with Gasteiger partial charge in [-0.15, -0.1) is 0 Å². The highest BCUT2D eigenvalue weighted by molar-refractivity contribution is 9.10. The Labute approximate surface area is 250 Å². The second kappa shape index (κ2) is 12.9. The van der Waals surface area contributed by atoms with Crippen LogP contribution in [-0.2, 0) is 5.67 Å². The molecule has 0 atom stereocenters. The second-order valence-corrected chi connectivity index (χ2v) is 9.56. The lowest BCUT2D eigenvalue weighted by Crippen LogP contribution is -2.50. The van der Waals surface area contributed by atoms with E-state index in [-0.39, 0.29) is 30.0 Å². The molecule has 3 rings (SSSR count). The van der Waals surface area contributed by atoms with E-state index in [4.69, 9.17) is 4.74 Å². The summed E-state index contributed by atoms with van der Waals surface area (Å²) < 4.78 is 144. The van der Waals surface area contributed by atoms with E-state index in [0.717, 1.165) is 23.1 Å². The van der Waals surface area contributed by atoms with E-state index in [9.17, 15) is 49.1 Å². The summed E-state index contributed by atoms with van der Waals surface area (Å²) in [5.74, 6) is -4.85. The predicted molar refractivity (Wildman–Crippen MR) is 140 cm³/mol. The maximum Gasteiger partial charge on any atom is 0.435 e. The number of amides is 2. The van der Waals surface area contributed by atoms with Crippen LogP contribution in [0.5, 0.6) is 11.5 Å². The molecule has 6 nitrogen and oxygen atoms in total. The quantitative estimate of drug-likeness (QED) is 0.227. The minimum Gasteiger partial charge on any atom is -0.496 e. The van der Waals surface area contributed by atoms with Crippen LogP contribution in [-0.4, -0.2) is 44.4 Å². The normalized spacial score (nSPS) is 12.2. The summed E-state index contributed by atoms with van der Waals surface area (Å²) in [5, 5.41) is 1.87. The molecule has 0 aliphatic rings. The van der Waals surface area contributed by atoms with Gasteiger partial charge in [-0.1, -0.05) is 18.2 Å². The monoisotopic (exact) mass is 704 g/mol. The van der Waals surface area contributed by atoms with E-state index in [0.29, 0.717) is 0 Å². The molecule has 0 heterocycles. The number of nitrogens with one attached hydrogen (secondary N) is 1. The minimum atomic E-state index is -6.59. The van der Waals surface area contributed by atoms with Crippen LogP contribution in [0.15, 0.2) is 59.1 Å².